The summed E-state index contributed by atoms with van der Waals surface area (Å²) in [5, 5.41) is 11.4. The van der Waals surface area contributed by atoms with E-state index < -0.39 is 18.2 Å². The number of rotatable bonds is 6. The zero-order valence-corrected chi connectivity index (χ0v) is 20.5. The largest absolute Gasteiger partial charge is 0.489 e. The minimum atomic E-state index is -0.625. The van der Waals surface area contributed by atoms with Crippen LogP contribution in [0.4, 0.5) is 10.7 Å². The molecule has 6 rings (SSSR count). The van der Waals surface area contributed by atoms with Crippen LogP contribution < -0.4 is 15.0 Å². The molecule has 186 valence electrons. The topological polar surface area (TPSA) is 92.6 Å². The lowest BCUT2D eigenvalue weighted by Crippen LogP contribution is -2.61. The monoisotopic (exact) mass is 494 g/mol. The molecule has 9 nitrogen and oxygen atoms in total. The van der Waals surface area contributed by atoms with Gasteiger partial charge in [-0.2, -0.15) is 0 Å². The summed E-state index contributed by atoms with van der Waals surface area (Å²) in [5.74, 6) is 1.52. The zero-order chi connectivity index (χ0) is 25.5. The summed E-state index contributed by atoms with van der Waals surface area (Å²) in [4.78, 5) is 29.1. The van der Waals surface area contributed by atoms with Gasteiger partial charge in [-0.3, -0.25) is 14.7 Å². The maximum atomic E-state index is 13.1. The van der Waals surface area contributed by atoms with E-state index in [-0.39, 0.29) is 5.91 Å². The third kappa shape index (κ3) is 3.98. The first-order valence-electron chi connectivity index (χ1n) is 12.1. The van der Waals surface area contributed by atoms with E-state index in [1.165, 1.54) is 4.90 Å². The number of urea groups is 1. The van der Waals surface area contributed by atoms with Crippen molar-refractivity contribution >= 4 is 17.9 Å². The Hall–Kier alpha value is -4.66. The molecule has 1 fully saturated rings. The van der Waals surface area contributed by atoms with Crippen LogP contribution in [0.5, 0.6) is 5.75 Å². The van der Waals surface area contributed by atoms with Gasteiger partial charge >= 0.3 is 6.03 Å². The number of hydrogen-bond donors (Lipinski definition) is 1. The summed E-state index contributed by atoms with van der Waals surface area (Å²) in [6.45, 7) is 2.98. The second kappa shape index (κ2) is 9.09. The molecule has 1 aromatic heterocycles. The van der Waals surface area contributed by atoms with Gasteiger partial charge < -0.3 is 14.5 Å². The predicted molar refractivity (Wildman–Crippen MR) is 138 cm³/mol. The number of aryl methyl sites for hydroxylation is 1. The molecule has 3 heterocycles. The summed E-state index contributed by atoms with van der Waals surface area (Å²) in [6, 6.07) is 24.6. The SMILES string of the molecule is Cc1ccccc1CN1c2nnc(-c3ccc(OCc4ccccc4)cc3)n2C2C1C(=O)NC(=O)N2C. The lowest BCUT2D eigenvalue weighted by Gasteiger charge is -2.37. The van der Waals surface area contributed by atoms with E-state index in [1.54, 1.807) is 7.05 Å². The van der Waals surface area contributed by atoms with Crippen molar-refractivity contribution in [3.63, 3.8) is 0 Å². The van der Waals surface area contributed by atoms with Gasteiger partial charge in [0.05, 0.1) is 0 Å². The highest BCUT2D eigenvalue weighted by Crippen LogP contribution is 2.41. The van der Waals surface area contributed by atoms with E-state index in [4.69, 9.17) is 4.74 Å². The summed E-state index contributed by atoms with van der Waals surface area (Å²) in [5.41, 5.74) is 4.09. The van der Waals surface area contributed by atoms with Gasteiger partial charge in [0.15, 0.2) is 11.9 Å². The van der Waals surface area contributed by atoms with Crippen molar-refractivity contribution in [1.29, 1.82) is 0 Å². The van der Waals surface area contributed by atoms with Crippen LogP contribution in [-0.4, -0.2) is 44.7 Å². The van der Waals surface area contributed by atoms with Crippen LogP contribution >= 0.6 is 0 Å². The van der Waals surface area contributed by atoms with Crippen LogP contribution in [0.25, 0.3) is 11.4 Å². The van der Waals surface area contributed by atoms with E-state index in [0.717, 1.165) is 28.0 Å². The first-order valence-corrected chi connectivity index (χ1v) is 12.1. The Morgan fingerprint density at radius 2 is 1.65 bits per heavy atom. The molecule has 0 saturated carbocycles. The van der Waals surface area contributed by atoms with Crippen LogP contribution in [0.3, 0.4) is 0 Å². The number of aromatic nitrogens is 3. The van der Waals surface area contributed by atoms with E-state index in [9.17, 15) is 9.59 Å². The average molecular weight is 495 g/mol. The fraction of sp³-hybridized carbons (Fsp3) is 0.214. The maximum Gasteiger partial charge on any atom is 0.325 e. The molecule has 3 aromatic carbocycles. The van der Waals surface area contributed by atoms with Crippen molar-refractivity contribution in [2.45, 2.75) is 32.3 Å². The van der Waals surface area contributed by atoms with Crippen LogP contribution in [0, 0.1) is 6.92 Å². The normalized spacial score (nSPS) is 18.4. The predicted octanol–water partition coefficient (Wildman–Crippen LogP) is 3.90. The Morgan fingerprint density at radius 3 is 2.41 bits per heavy atom. The highest BCUT2D eigenvalue weighted by Gasteiger charge is 2.52. The second-order valence-corrected chi connectivity index (χ2v) is 9.31. The number of carbonyl (C=O) groups is 2. The van der Waals surface area contributed by atoms with Crippen molar-refractivity contribution < 1.29 is 14.3 Å². The number of ether oxygens (including phenoxy) is 1. The van der Waals surface area contributed by atoms with E-state index in [0.29, 0.717) is 24.9 Å². The Balaban J connectivity index is 1.34. The van der Waals surface area contributed by atoms with Crippen molar-refractivity contribution in [1.82, 2.24) is 25.0 Å². The summed E-state index contributed by atoms with van der Waals surface area (Å²) in [6.07, 6.45) is -0.570. The number of fused-ring (bicyclic) bond motifs is 3. The number of likely N-dealkylation sites (N-methyl/N-ethyl adjacent to an activating group) is 1. The van der Waals surface area contributed by atoms with Crippen molar-refractivity contribution in [3.8, 4) is 17.1 Å². The highest BCUT2D eigenvalue weighted by atomic mass is 16.5. The Kier molecular flexibility index (Phi) is 5.60. The van der Waals surface area contributed by atoms with Crippen LogP contribution in [0.15, 0.2) is 78.9 Å². The zero-order valence-electron chi connectivity index (χ0n) is 20.5. The van der Waals surface area contributed by atoms with E-state index in [1.807, 2.05) is 95.3 Å². The molecule has 4 aromatic rings. The van der Waals surface area contributed by atoms with Crippen LogP contribution in [0.1, 0.15) is 22.9 Å². The van der Waals surface area contributed by atoms with Gasteiger partial charge in [0.1, 0.15) is 18.5 Å². The molecular weight excluding hydrogens is 468 g/mol. The first-order chi connectivity index (χ1) is 18.0. The number of anilines is 1. The smallest absolute Gasteiger partial charge is 0.325 e. The number of amides is 3. The molecule has 2 aliphatic rings. The molecule has 1 N–H and O–H groups in total. The number of nitrogens with zero attached hydrogens (tertiary/aromatic N) is 5. The van der Waals surface area contributed by atoms with E-state index >= 15 is 0 Å². The number of benzene rings is 3. The van der Waals surface area contributed by atoms with Crippen molar-refractivity contribution in [2.75, 3.05) is 11.9 Å². The number of carbonyl (C=O) groups excluding carboxylic acids is 2. The average Bonchev–Trinajstić information content (AvgIpc) is 3.48. The molecule has 0 bridgehead atoms. The molecule has 2 unspecified atom stereocenters. The minimum Gasteiger partial charge on any atom is -0.489 e. The van der Waals surface area contributed by atoms with Gasteiger partial charge in [-0.1, -0.05) is 54.6 Å². The summed E-state index contributed by atoms with van der Waals surface area (Å²) >= 11 is 0. The van der Waals surface area contributed by atoms with Gasteiger partial charge in [0, 0.05) is 19.2 Å². The molecule has 0 radical (unpaired) electrons. The minimum absolute atomic E-state index is 0.345. The fourth-order valence-electron chi connectivity index (χ4n) is 4.98. The first kappa shape index (κ1) is 22.8. The molecule has 0 spiro atoms. The molecule has 1 saturated heterocycles. The van der Waals surface area contributed by atoms with Crippen molar-refractivity contribution in [2.24, 2.45) is 0 Å². The third-order valence-electron chi connectivity index (χ3n) is 7.00. The van der Waals surface area contributed by atoms with Gasteiger partial charge in [-0.25, -0.2) is 4.79 Å². The van der Waals surface area contributed by atoms with Crippen molar-refractivity contribution in [3.05, 3.63) is 95.6 Å². The van der Waals surface area contributed by atoms with Crippen LogP contribution in [-0.2, 0) is 17.9 Å². The summed E-state index contributed by atoms with van der Waals surface area (Å²) < 4.78 is 7.81. The second-order valence-electron chi connectivity index (χ2n) is 9.31. The standard InChI is InChI=1S/C28H26N6O3/c1-18-8-6-7-11-21(18)16-33-23-25(35)29-28(36)32(2)26(23)34-24(30-31-27(33)34)20-12-14-22(15-13-20)37-17-19-9-4-3-5-10-19/h3-15,23,26H,16-17H2,1-2H3,(H,29,35,36). The lowest BCUT2D eigenvalue weighted by atomic mass is 10.1. The highest BCUT2D eigenvalue weighted by molar-refractivity contribution is 6.02. The third-order valence-corrected chi connectivity index (χ3v) is 7.00. The molecule has 3 amide bonds. The number of imide groups is 1. The molecule has 9 heteroatoms. The van der Waals surface area contributed by atoms with Gasteiger partial charge in [0.2, 0.25) is 5.95 Å². The number of nitrogens with one attached hydrogen (secondary N) is 1. The van der Waals surface area contributed by atoms with Gasteiger partial charge in [-0.05, 0) is 47.9 Å². The molecule has 0 aliphatic carbocycles. The molecular formula is C28H26N6O3. The Morgan fingerprint density at radius 1 is 0.919 bits per heavy atom. The fourth-order valence-corrected chi connectivity index (χ4v) is 4.98. The van der Waals surface area contributed by atoms with Gasteiger partial charge in [0.25, 0.3) is 5.91 Å². The molecule has 2 aliphatic heterocycles. The van der Waals surface area contributed by atoms with Gasteiger partial charge in [-0.15, -0.1) is 10.2 Å². The van der Waals surface area contributed by atoms with E-state index in [2.05, 4.69) is 15.5 Å². The quantitative estimate of drug-likeness (QED) is 0.437. The Labute approximate surface area is 214 Å². The summed E-state index contributed by atoms with van der Waals surface area (Å²) in [7, 11) is 1.69. The molecule has 2 atom stereocenters. The number of hydrogen-bond acceptors (Lipinski definition) is 6. The molecule has 37 heavy (non-hydrogen) atoms. The Bertz CT molecular complexity index is 1470. The van der Waals surface area contributed by atoms with Crippen LogP contribution in [0.2, 0.25) is 0 Å². The maximum absolute atomic E-state index is 13.1. The lowest BCUT2D eigenvalue weighted by molar-refractivity contribution is -0.124.